The fraction of sp³-hybridized carbons (Fsp3) is 0.364. The van der Waals surface area contributed by atoms with Gasteiger partial charge in [0.1, 0.15) is 5.75 Å². The molecule has 0 aliphatic carbocycles. The average molecular weight is 400 g/mol. The molecule has 2 aromatic carbocycles. The van der Waals surface area contributed by atoms with E-state index < -0.39 is 6.03 Å². The number of nitrogens with one attached hydrogen (secondary N) is 2. The van der Waals surface area contributed by atoms with Crippen LogP contribution in [0.2, 0.25) is 0 Å². The van der Waals surface area contributed by atoms with Crippen molar-refractivity contribution >= 4 is 23.2 Å². The Balaban J connectivity index is 2.14. The van der Waals surface area contributed by atoms with Crippen molar-refractivity contribution in [2.24, 2.45) is 5.92 Å². The number of methoxy groups -OCH3 is 2. The molecular formula is C22H28N2O5. The second-order valence-electron chi connectivity index (χ2n) is 6.84. The minimum Gasteiger partial charge on any atom is -0.493 e. The van der Waals surface area contributed by atoms with Gasteiger partial charge >= 0.3 is 6.03 Å². The molecule has 0 aliphatic rings. The zero-order valence-corrected chi connectivity index (χ0v) is 17.5. The lowest BCUT2D eigenvalue weighted by molar-refractivity contribution is 0.0983. The number of ether oxygens (including phenoxy) is 3. The number of hydrogen-bond acceptors (Lipinski definition) is 5. The fourth-order valence-corrected chi connectivity index (χ4v) is 2.61. The van der Waals surface area contributed by atoms with E-state index in [0.717, 1.165) is 0 Å². The molecule has 0 saturated heterocycles. The molecule has 2 aromatic rings. The van der Waals surface area contributed by atoms with Crippen LogP contribution in [-0.2, 0) is 0 Å². The van der Waals surface area contributed by atoms with Gasteiger partial charge in [-0.15, -0.1) is 0 Å². The van der Waals surface area contributed by atoms with Crippen molar-refractivity contribution < 1.29 is 23.8 Å². The highest BCUT2D eigenvalue weighted by Crippen LogP contribution is 2.30. The molecule has 7 heteroatoms. The van der Waals surface area contributed by atoms with Crippen LogP contribution in [0, 0.1) is 5.92 Å². The summed E-state index contributed by atoms with van der Waals surface area (Å²) in [5.74, 6) is 1.89. The minimum atomic E-state index is -0.442. The highest BCUT2D eigenvalue weighted by molar-refractivity contribution is 6.03. The zero-order chi connectivity index (χ0) is 21.4. The molecule has 2 N–H and O–H groups in total. The number of hydrogen-bond donors (Lipinski definition) is 2. The van der Waals surface area contributed by atoms with E-state index in [9.17, 15) is 9.59 Å². The Morgan fingerprint density at radius 2 is 1.48 bits per heavy atom. The van der Waals surface area contributed by atoms with Crippen LogP contribution in [0.5, 0.6) is 17.2 Å². The van der Waals surface area contributed by atoms with Gasteiger partial charge in [-0.1, -0.05) is 20.8 Å². The Bertz CT molecular complexity index is 864. The summed E-state index contributed by atoms with van der Waals surface area (Å²) in [4.78, 5) is 24.7. The second kappa shape index (κ2) is 10.4. The summed E-state index contributed by atoms with van der Waals surface area (Å²) in [5, 5.41) is 5.47. The SMILES string of the molecule is CCC(=O)c1cc(NC(=O)Nc2ccc(OC)c(OC)c2)ccc1OCC(C)C. The lowest BCUT2D eigenvalue weighted by atomic mass is 10.1. The number of anilines is 2. The lowest BCUT2D eigenvalue weighted by Crippen LogP contribution is -2.20. The molecule has 0 heterocycles. The number of carbonyl (C=O) groups is 2. The van der Waals surface area contributed by atoms with E-state index >= 15 is 0 Å². The van der Waals surface area contributed by atoms with Crippen molar-refractivity contribution in [2.45, 2.75) is 27.2 Å². The predicted molar refractivity (Wildman–Crippen MR) is 114 cm³/mol. The van der Waals surface area contributed by atoms with Gasteiger partial charge in [0.25, 0.3) is 0 Å². The van der Waals surface area contributed by atoms with E-state index in [1.807, 2.05) is 13.8 Å². The monoisotopic (exact) mass is 400 g/mol. The molecule has 7 nitrogen and oxygen atoms in total. The van der Waals surface area contributed by atoms with E-state index in [1.165, 1.54) is 7.11 Å². The van der Waals surface area contributed by atoms with E-state index in [-0.39, 0.29) is 5.78 Å². The quantitative estimate of drug-likeness (QED) is 0.580. The van der Waals surface area contributed by atoms with Gasteiger partial charge in [0.2, 0.25) is 0 Å². The van der Waals surface area contributed by atoms with Crippen LogP contribution in [0.4, 0.5) is 16.2 Å². The number of amides is 2. The molecule has 0 aliphatic heterocycles. The summed E-state index contributed by atoms with van der Waals surface area (Å²) >= 11 is 0. The second-order valence-corrected chi connectivity index (χ2v) is 6.84. The Hall–Kier alpha value is -3.22. The third-order valence-corrected chi connectivity index (χ3v) is 4.07. The van der Waals surface area contributed by atoms with Crippen molar-refractivity contribution in [2.75, 3.05) is 31.5 Å². The first kappa shape index (κ1) is 22.1. The summed E-state index contributed by atoms with van der Waals surface area (Å²) in [7, 11) is 3.07. The number of ketones is 1. The highest BCUT2D eigenvalue weighted by atomic mass is 16.5. The summed E-state index contributed by atoms with van der Waals surface area (Å²) < 4.78 is 16.2. The van der Waals surface area contributed by atoms with Gasteiger partial charge in [-0.3, -0.25) is 4.79 Å². The van der Waals surface area contributed by atoms with Gasteiger partial charge in [0, 0.05) is 23.9 Å². The number of rotatable bonds is 9. The molecule has 0 bridgehead atoms. The maximum atomic E-state index is 12.4. The Labute approximate surface area is 171 Å². The summed E-state index contributed by atoms with van der Waals surface area (Å²) in [5.41, 5.74) is 1.50. The summed E-state index contributed by atoms with van der Waals surface area (Å²) in [6.07, 6.45) is 0.347. The minimum absolute atomic E-state index is 0.0484. The fourth-order valence-electron chi connectivity index (χ4n) is 2.61. The molecule has 0 unspecified atom stereocenters. The van der Waals surface area contributed by atoms with E-state index in [1.54, 1.807) is 50.4 Å². The number of Topliss-reactive ketones (excluding diaryl/α,β-unsaturated/α-hetero) is 1. The summed E-state index contributed by atoms with van der Waals surface area (Å²) in [6.45, 7) is 6.38. The number of benzene rings is 2. The molecular weight excluding hydrogens is 372 g/mol. The third-order valence-electron chi connectivity index (χ3n) is 4.07. The van der Waals surface area contributed by atoms with Gasteiger partial charge in [0.05, 0.1) is 26.4 Å². The van der Waals surface area contributed by atoms with Gasteiger partial charge in [-0.25, -0.2) is 4.79 Å². The van der Waals surface area contributed by atoms with Crippen LogP contribution in [0.3, 0.4) is 0 Å². The van der Waals surface area contributed by atoms with Crippen molar-refractivity contribution in [3.63, 3.8) is 0 Å². The number of carbonyl (C=O) groups excluding carboxylic acids is 2. The molecule has 0 fully saturated rings. The normalized spacial score (nSPS) is 10.4. The van der Waals surface area contributed by atoms with Crippen LogP contribution in [0.15, 0.2) is 36.4 Å². The smallest absolute Gasteiger partial charge is 0.323 e. The van der Waals surface area contributed by atoms with Crippen LogP contribution >= 0.6 is 0 Å². The lowest BCUT2D eigenvalue weighted by Gasteiger charge is -2.15. The highest BCUT2D eigenvalue weighted by Gasteiger charge is 2.14. The summed E-state index contributed by atoms with van der Waals surface area (Å²) in [6, 6.07) is 9.67. The van der Waals surface area contributed by atoms with Gasteiger partial charge in [-0.05, 0) is 36.2 Å². The largest absolute Gasteiger partial charge is 0.493 e. The molecule has 2 rings (SSSR count). The van der Waals surface area contributed by atoms with Crippen molar-refractivity contribution in [1.29, 1.82) is 0 Å². The molecule has 156 valence electrons. The molecule has 0 radical (unpaired) electrons. The zero-order valence-electron chi connectivity index (χ0n) is 17.5. The molecule has 2 amide bonds. The van der Waals surface area contributed by atoms with E-state index in [0.29, 0.717) is 53.1 Å². The third kappa shape index (κ3) is 6.14. The van der Waals surface area contributed by atoms with Crippen LogP contribution < -0.4 is 24.8 Å². The molecule has 0 atom stereocenters. The Kier molecular flexibility index (Phi) is 7.88. The number of urea groups is 1. The first-order valence-corrected chi connectivity index (χ1v) is 9.48. The topological polar surface area (TPSA) is 85.9 Å². The molecule has 0 spiro atoms. The Morgan fingerprint density at radius 3 is 2.03 bits per heavy atom. The first-order chi connectivity index (χ1) is 13.9. The maximum absolute atomic E-state index is 12.4. The van der Waals surface area contributed by atoms with Gasteiger partial charge in [0.15, 0.2) is 17.3 Å². The van der Waals surface area contributed by atoms with Crippen molar-refractivity contribution in [3.8, 4) is 17.2 Å². The standard InChI is InChI=1S/C22H28N2O5/c1-6-18(25)17-11-15(7-9-19(17)29-13-14(2)3)23-22(26)24-16-8-10-20(27-4)21(12-16)28-5/h7-12,14H,6,13H2,1-5H3,(H2,23,24,26). The van der Waals surface area contributed by atoms with Crippen LogP contribution in [0.1, 0.15) is 37.6 Å². The van der Waals surface area contributed by atoms with E-state index in [2.05, 4.69) is 10.6 Å². The van der Waals surface area contributed by atoms with Crippen LogP contribution in [-0.4, -0.2) is 32.6 Å². The van der Waals surface area contributed by atoms with Crippen molar-refractivity contribution in [1.82, 2.24) is 0 Å². The molecule has 0 aromatic heterocycles. The van der Waals surface area contributed by atoms with Gasteiger partial charge in [-0.2, -0.15) is 0 Å². The first-order valence-electron chi connectivity index (χ1n) is 9.48. The van der Waals surface area contributed by atoms with Gasteiger partial charge < -0.3 is 24.8 Å². The van der Waals surface area contributed by atoms with Crippen LogP contribution in [0.25, 0.3) is 0 Å². The maximum Gasteiger partial charge on any atom is 0.323 e. The Morgan fingerprint density at radius 1 is 0.897 bits per heavy atom. The molecule has 0 saturated carbocycles. The predicted octanol–water partition coefficient (Wildman–Crippen LogP) is 4.98. The van der Waals surface area contributed by atoms with Crippen molar-refractivity contribution in [3.05, 3.63) is 42.0 Å². The average Bonchev–Trinajstić information content (AvgIpc) is 2.71. The molecule has 29 heavy (non-hydrogen) atoms. The van der Waals surface area contributed by atoms with E-state index in [4.69, 9.17) is 14.2 Å².